The predicted molar refractivity (Wildman–Crippen MR) is 104 cm³/mol. The zero-order valence-electron chi connectivity index (χ0n) is 15.6. The number of benzene rings is 2. The molecule has 0 fully saturated rings. The summed E-state index contributed by atoms with van der Waals surface area (Å²) in [4.78, 5) is 36.3. The van der Waals surface area contributed by atoms with E-state index in [1.165, 1.54) is 7.11 Å². The van der Waals surface area contributed by atoms with Crippen molar-refractivity contribution in [2.75, 3.05) is 13.7 Å². The van der Waals surface area contributed by atoms with Gasteiger partial charge in [0, 0.05) is 25.7 Å². The SMILES string of the molecule is COCCC(NC(=O)CC(NC(=O)c1ccccc1)c1ccccc1)C(=O)O. The highest BCUT2D eigenvalue weighted by Gasteiger charge is 2.23. The molecule has 7 nitrogen and oxygen atoms in total. The molecule has 2 rings (SSSR count). The van der Waals surface area contributed by atoms with Crippen molar-refractivity contribution in [1.82, 2.24) is 10.6 Å². The lowest BCUT2D eigenvalue weighted by Gasteiger charge is -2.21. The number of carboxylic acids is 1. The molecule has 0 aliphatic rings. The van der Waals surface area contributed by atoms with Crippen LogP contribution >= 0.6 is 0 Å². The molecule has 7 heteroatoms. The summed E-state index contributed by atoms with van der Waals surface area (Å²) in [5.41, 5.74) is 1.23. The van der Waals surface area contributed by atoms with E-state index in [2.05, 4.69) is 10.6 Å². The fourth-order valence-corrected chi connectivity index (χ4v) is 2.70. The third kappa shape index (κ3) is 6.51. The Morgan fingerprint density at radius 2 is 1.57 bits per heavy atom. The van der Waals surface area contributed by atoms with E-state index >= 15 is 0 Å². The monoisotopic (exact) mass is 384 g/mol. The second-order valence-corrected chi connectivity index (χ2v) is 6.25. The van der Waals surface area contributed by atoms with Crippen molar-refractivity contribution in [3.63, 3.8) is 0 Å². The molecule has 0 saturated carbocycles. The third-order valence-corrected chi connectivity index (χ3v) is 4.18. The molecule has 0 bridgehead atoms. The van der Waals surface area contributed by atoms with Gasteiger partial charge in [-0.3, -0.25) is 9.59 Å². The summed E-state index contributed by atoms with van der Waals surface area (Å²) in [6, 6.07) is 16.1. The number of aliphatic carboxylic acids is 1. The topological polar surface area (TPSA) is 105 Å². The number of ether oxygens (including phenoxy) is 1. The van der Waals surface area contributed by atoms with Crippen LogP contribution in [0.25, 0.3) is 0 Å². The molecule has 2 amide bonds. The van der Waals surface area contributed by atoms with Crippen LogP contribution in [0.4, 0.5) is 0 Å². The van der Waals surface area contributed by atoms with Crippen molar-refractivity contribution < 1.29 is 24.2 Å². The van der Waals surface area contributed by atoms with E-state index in [-0.39, 0.29) is 25.4 Å². The van der Waals surface area contributed by atoms with Crippen LogP contribution in [-0.4, -0.2) is 42.6 Å². The number of carbonyl (C=O) groups excluding carboxylic acids is 2. The van der Waals surface area contributed by atoms with Crippen molar-refractivity contribution in [1.29, 1.82) is 0 Å². The second-order valence-electron chi connectivity index (χ2n) is 6.25. The van der Waals surface area contributed by atoms with E-state index in [0.717, 1.165) is 5.56 Å². The Labute approximate surface area is 163 Å². The summed E-state index contributed by atoms with van der Waals surface area (Å²) in [5, 5.41) is 14.6. The smallest absolute Gasteiger partial charge is 0.326 e. The number of nitrogens with one attached hydrogen (secondary N) is 2. The van der Waals surface area contributed by atoms with Gasteiger partial charge in [0.25, 0.3) is 5.91 Å². The van der Waals surface area contributed by atoms with Crippen molar-refractivity contribution in [2.24, 2.45) is 0 Å². The minimum atomic E-state index is -1.13. The average Bonchev–Trinajstić information content (AvgIpc) is 2.71. The normalized spacial score (nSPS) is 12.6. The second kappa shape index (κ2) is 10.8. The van der Waals surface area contributed by atoms with Gasteiger partial charge in [0.2, 0.25) is 5.91 Å². The molecule has 148 valence electrons. The van der Waals surface area contributed by atoms with Gasteiger partial charge in [0.05, 0.1) is 12.5 Å². The highest BCUT2D eigenvalue weighted by Crippen LogP contribution is 2.18. The zero-order chi connectivity index (χ0) is 20.4. The average molecular weight is 384 g/mol. The third-order valence-electron chi connectivity index (χ3n) is 4.18. The van der Waals surface area contributed by atoms with E-state index < -0.39 is 24.0 Å². The first kappa shape index (κ1) is 21.1. The summed E-state index contributed by atoms with van der Waals surface area (Å²) in [6.07, 6.45) is 0.0727. The molecule has 0 heterocycles. The summed E-state index contributed by atoms with van der Waals surface area (Å²) < 4.78 is 4.88. The number of methoxy groups -OCH3 is 1. The van der Waals surface area contributed by atoms with E-state index in [0.29, 0.717) is 5.56 Å². The molecule has 3 N–H and O–H groups in total. The molecule has 0 radical (unpaired) electrons. The standard InChI is InChI=1S/C21H24N2O5/c1-28-13-12-17(21(26)27)22-19(24)14-18(15-8-4-2-5-9-15)23-20(25)16-10-6-3-7-11-16/h2-11,17-18H,12-14H2,1H3,(H,22,24)(H,23,25)(H,26,27). The Morgan fingerprint density at radius 1 is 0.964 bits per heavy atom. The van der Waals surface area contributed by atoms with Gasteiger partial charge in [0.1, 0.15) is 6.04 Å². The Morgan fingerprint density at radius 3 is 2.14 bits per heavy atom. The van der Waals surface area contributed by atoms with Gasteiger partial charge < -0.3 is 20.5 Å². The quantitative estimate of drug-likeness (QED) is 0.582. The summed E-state index contributed by atoms with van der Waals surface area (Å²) in [5.74, 6) is -1.91. The molecular weight excluding hydrogens is 360 g/mol. The van der Waals surface area contributed by atoms with Gasteiger partial charge >= 0.3 is 5.97 Å². The minimum Gasteiger partial charge on any atom is -0.480 e. The number of amides is 2. The van der Waals surface area contributed by atoms with Gasteiger partial charge in [-0.2, -0.15) is 0 Å². The molecule has 0 saturated heterocycles. The number of hydrogen-bond acceptors (Lipinski definition) is 4. The molecule has 0 spiro atoms. The van der Waals surface area contributed by atoms with Crippen molar-refractivity contribution in [2.45, 2.75) is 24.9 Å². The number of carbonyl (C=O) groups is 3. The minimum absolute atomic E-state index is 0.0840. The van der Waals surface area contributed by atoms with Crippen LogP contribution in [0, 0.1) is 0 Å². The first-order valence-corrected chi connectivity index (χ1v) is 8.93. The molecule has 0 aliphatic heterocycles. The van der Waals surface area contributed by atoms with E-state index in [4.69, 9.17) is 4.74 Å². The van der Waals surface area contributed by atoms with Crippen LogP contribution in [-0.2, 0) is 14.3 Å². The van der Waals surface area contributed by atoms with Crippen molar-refractivity contribution in [3.8, 4) is 0 Å². The Balaban J connectivity index is 2.10. The van der Waals surface area contributed by atoms with Gasteiger partial charge in [-0.05, 0) is 17.7 Å². The van der Waals surface area contributed by atoms with Crippen LogP contribution in [0.2, 0.25) is 0 Å². The summed E-state index contributed by atoms with van der Waals surface area (Å²) >= 11 is 0. The van der Waals surface area contributed by atoms with Gasteiger partial charge in [0.15, 0.2) is 0 Å². The van der Waals surface area contributed by atoms with Crippen molar-refractivity contribution >= 4 is 17.8 Å². The Kier molecular flexibility index (Phi) is 8.17. The highest BCUT2D eigenvalue weighted by atomic mass is 16.5. The maximum absolute atomic E-state index is 12.5. The van der Waals surface area contributed by atoms with Crippen LogP contribution in [0.1, 0.15) is 34.8 Å². The fraction of sp³-hybridized carbons (Fsp3) is 0.286. The van der Waals surface area contributed by atoms with Gasteiger partial charge in [-0.15, -0.1) is 0 Å². The number of hydrogen-bond donors (Lipinski definition) is 3. The van der Waals surface area contributed by atoms with Crippen LogP contribution in [0.5, 0.6) is 0 Å². The summed E-state index contributed by atoms with van der Waals surface area (Å²) in [7, 11) is 1.46. The lowest BCUT2D eigenvalue weighted by atomic mass is 10.0. The maximum atomic E-state index is 12.5. The molecule has 2 atom stereocenters. The molecule has 28 heavy (non-hydrogen) atoms. The highest BCUT2D eigenvalue weighted by molar-refractivity contribution is 5.94. The molecule has 0 aromatic heterocycles. The number of rotatable bonds is 10. The van der Waals surface area contributed by atoms with Crippen molar-refractivity contribution in [3.05, 3.63) is 71.8 Å². The maximum Gasteiger partial charge on any atom is 0.326 e. The first-order chi connectivity index (χ1) is 13.5. The zero-order valence-corrected chi connectivity index (χ0v) is 15.6. The summed E-state index contributed by atoms with van der Waals surface area (Å²) in [6.45, 7) is 0.212. The van der Waals surface area contributed by atoms with Crippen LogP contribution in [0.3, 0.4) is 0 Å². The Bertz CT molecular complexity index is 780. The van der Waals surface area contributed by atoms with Gasteiger partial charge in [-0.1, -0.05) is 48.5 Å². The molecule has 0 aliphatic carbocycles. The van der Waals surface area contributed by atoms with E-state index in [9.17, 15) is 19.5 Å². The molecule has 2 aromatic carbocycles. The number of carboxylic acid groups (broad SMARTS) is 1. The Hall–Kier alpha value is -3.19. The lowest BCUT2D eigenvalue weighted by Crippen LogP contribution is -2.43. The van der Waals surface area contributed by atoms with Crippen LogP contribution in [0.15, 0.2) is 60.7 Å². The van der Waals surface area contributed by atoms with E-state index in [1.54, 1.807) is 24.3 Å². The molecule has 2 aromatic rings. The first-order valence-electron chi connectivity index (χ1n) is 8.93. The predicted octanol–water partition coefficient (Wildman–Crippen LogP) is 2.15. The lowest BCUT2D eigenvalue weighted by molar-refractivity contribution is -0.142. The molecular formula is C21H24N2O5. The van der Waals surface area contributed by atoms with Crippen LogP contribution < -0.4 is 10.6 Å². The van der Waals surface area contributed by atoms with Gasteiger partial charge in [-0.25, -0.2) is 4.79 Å². The van der Waals surface area contributed by atoms with E-state index in [1.807, 2.05) is 36.4 Å². The fourth-order valence-electron chi connectivity index (χ4n) is 2.70. The molecule has 2 unspecified atom stereocenters. The largest absolute Gasteiger partial charge is 0.480 e.